The minimum Gasteiger partial charge on any atom is -0.455 e. The number of allylic oxidation sites excluding steroid dienone is 5. The standard InChI is InChI=1S/C43H31N3O/c44-37(32-13-5-2-6-14-32)27-39(33-25-23-31(24-26-33)30-11-3-1-4-12-30)45-28-29-19-21-34(22-20-29)42-41-36-16-8-10-18-40(36)47-43(41)35-15-7-9-17-38(35)46-42/h1-19,21-29,44H,20H2/b39-27-,44-37?,45-28+. The average Bonchev–Trinajstić information content (AvgIpc) is 3.54. The van der Waals surface area contributed by atoms with E-state index in [1.54, 1.807) is 0 Å². The van der Waals surface area contributed by atoms with E-state index >= 15 is 0 Å². The van der Waals surface area contributed by atoms with Crippen LogP contribution in [0.5, 0.6) is 0 Å². The van der Waals surface area contributed by atoms with Crippen molar-refractivity contribution in [1.29, 1.82) is 5.41 Å². The third-order valence-electron chi connectivity index (χ3n) is 8.68. The first kappa shape index (κ1) is 28.4. The molecule has 4 nitrogen and oxygen atoms in total. The molecule has 2 aromatic heterocycles. The molecular weight excluding hydrogens is 574 g/mol. The van der Waals surface area contributed by atoms with Crippen molar-refractivity contribution in [3.8, 4) is 11.1 Å². The van der Waals surface area contributed by atoms with Crippen molar-refractivity contribution in [3.05, 3.63) is 175 Å². The highest BCUT2D eigenvalue weighted by molar-refractivity contribution is 6.18. The highest BCUT2D eigenvalue weighted by atomic mass is 16.3. The van der Waals surface area contributed by atoms with Crippen LogP contribution in [0.3, 0.4) is 0 Å². The van der Waals surface area contributed by atoms with Gasteiger partial charge in [-0.05, 0) is 53.0 Å². The SMILES string of the molecule is N=C(/C=C(\N=C\C1C=CC(c2nc3ccccc3c3oc4ccccc4c23)=CC1)c1ccc(-c2ccccc2)cc1)c1ccccc1. The third-order valence-corrected chi connectivity index (χ3v) is 8.68. The Morgan fingerprint density at radius 2 is 1.40 bits per heavy atom. The van der Waals surface area contributed by atoms with Gasteiger partial charge in [0.2, 0.25) is 0 Å². The van der Waals surface area contributed by atoms with Gasteiger partial charge in [0, 0.05) is 28.5 Å². The average molecular weight is 606 g/mol. The molecule has 0 saturated carbocycles. The van der Waals surface area contributed by atoms with Gasteiger partial charge in [-0.2, -0.15) is 0 Å². The zero-order chi connectivity index (χ0) is 31.6. The van der Waals surface area contributed by atoms with Gasteiger partial charge in [0.05, 0.1) is 28.0 Å². The second-order valence-electron chi connectivity index (χ2n) is 11.7. The summed E-state index contributed by atoms with van der Waals surface area (Å²) in [6, 6.07) is 44.9. The van der Waals surface area contributed by atoms with E-state index in [2.05, 4.69) is 66.8 Å². The van der Waals surface area contributed by atoms with Crippen LogP contribution in [0.4, 0.5) is 0 Å². The molecular formula is C43H31N3O. The van der Waals surface area contributed by atoms with Crippen molar-refractivity contribution in [2.24, 2.45) is 10.9 Å². The van der Waals surface area contributed by atoms with E-state index in [4.69, 9.17) is 19.8 Å². The topological polar surface area (TPSA) is 62.2 Å². The number of rotatable bonds is 7. The van der Waals surface area contributed by atoms with Crippen LogP contribution in [-0.2, 0) is 0 Å². The molecule has 0 saturated heterocycles. The summed E-state index contributed by atoms with van der Waals surface area (Å²) in [7, 11) is 0. The molecule has 1 atom stereocenters. The van der Waals surface area contributed by atoms with Crippen LogP contribution in [0.1, 0.15) is 23.2 Å². The number of hydrogen-bond donors (Lipinski definition) is 1. The zero-order valence-corrected chi connectivity index (χ0v) is 25.7. The van der Waals surface area contributed by atoms with E-state index in [-0.39, 0.29) is 5.92 Å². The fourth-order valence-electron chi connectivity index (χ4n) is 6.21. The summed E-state index contributed by atoms with van der Waals surface area (Å²) in [6.45, 7) is 0. The van der Waals surface area contributed by atoms with Crippen molar-refractivity contribution in [1.82, 2.24) is 4.98 Å². The van der Waals surface area contributed by atoms with E-state index in [9.17, 15) is 0 Å². The molecule has 0 fully saturated rings. The molecule has 5 aromatic carbocycles. The van der Waals surface area contributed by atoms with Crippen molar-refractivity contribution in [2.75, 3.05) is 0 Å². The zero-order valence-electron chi connectivity index (χ0n) is 25.7. The predicted octanol–water partition coefficient (Wildman–Crippen LogP) is 10.9. The molecule has 4 heteroatoms. The molecule has 2 heterocycles. The number of pyridine rings is 1. The van der Waals surface area contributed by atoms with E-state index in [0.29, 0.717) is 5.71 Å². The lowest BCUT2D eigenvalue weighted by Gasteiger charge is -2.14. The highest BCUT2D eigenvalue weighted by Crippen LogP contribution is 2.39. The molecule has 224 valence electrons. The van der Waals surface area contributed by atoms with Crippen molar-refractivity contribution in [2.45, 2.75) is 6.42 Å². The Kier molecular flexibility index (Phi) is 7.44. The van der Waals surface area contributed by atoms with Crippen LogP contribution in [0.25, 0.3) is 55.2 Å². The number of fused-ring (bicyclic) bond motifs is 5. The molecule has 47 heavy (non-hydrogen) atoms. The lowest BCUT2D eigenvalue weighted by atomic mass is 9.93. The summed E-state index contributed by atoms with van der Waals surface area (Å²) >= 11 is 0. The van der Waals surface area contributed by atoms with E-state index in [1.165, 1.54) is 5.56 Å². The highest BCUT2D eigenvalue weighted by Gasteiger charge is 2.19. The lowest BCUT2D eigenvalue weighted by molar-refractivity contribution is 0.672. The molecule has 1 aliphatic carbocycles. The van der Waals surface area contributed by atoms with Gasteiger partial charge in [-0.15, -0.1) is 0 Å². The maximum Gasteiger partial charge on any atom is 0.147 e. The summed E-state index contributed by atoms with van der Waals surface area (Å²) in [5.74, 6) is 0.105. The number of para-hydroxylation sites is 2. The summed E-state index contributed by atoms with van der Waals surface area (Å²) < 4.78 is 6.39. The fourth-order valence-corrected chi connectivity index (χ4v) is 6.21. The number of hydrogen-bond acceptors (Lipinski definition) is 4. The molecule has 0 radical (unpaired) electrons. The van der Waals surface area contributed by atoms with Crippen LogP contribution >= 0.6 is 0 Å². The number of nitrogens with one attached hydrogen (secondary N) is 1. The van der Waals surface area contributed by atoms with Crippen molar-refractivity contribution < 1.29 is 4.42 Å². The molecule has 1 unspecified atom stereocenters. The van der Waals surface area contributed by atoms with Crippen LogP contribution in [0.15, 0.2) is 167 Å². The molecule has 0 amide bonds. The van der Waals surface area contributed by atoms with Crippen LogP contribution in [0.2, 0.25) is 0 Å². The molecule has 8 rings (SSSR count). The third kappa shape index (κ3) is 5.62. The van der Waals surface area contributed by atoms with Crippen LogP contribution in [0, 0.1) is 11.3 Å². The Morgan fingerprint density at radius 1 is 0.723 bits per heavy atom. The minimum absolute atomic E-state index is 0.105. The quantitative estimate of drug-likeness (QED) is 0.184. The Morgan fingerprint density at radius 3 is 2.17 bits per heavy atom. The molecule has 1 N–H and O–H groups in total. The second kappa shape index (κ2) is 12.3. The summed E-state index contributed by atoms with van der Waals surface area (Å²) in [5, 5.41) is 11.9. The number of nitrogens with zero attached hydrogens (tertiary/aromatic N) is 2. The van der Waals surface area contributed by atoms with Gasteiger partial charge in [0.15, 0.2) is 0 Å². The number of furan rings is 1. The number of aliphatic imine (C=N–C) groups is 1. The Balaban J connectivity index is 1.11. The lowest BCUT2D eigenvalue weighted by Crippen LogP contribution is -2.03. The fraction of sp³-hybridized carbons (Fsp3) is 0.0465. The Hall–Kier alpha value is -6.13. The minimum atomic E-state index is 0.105. The van der Waals surface area contributed by atoms with Gasteiger partial charge in [-0.25, -0.2) is 4.98 Å². The normalized spacial score (nSPS) is 15.1. The Labute approximate surface area is 273 Å². The van der Waals surface area contributed by atoms with Gasteiger partial charge in [-0.1, -0.05) is 133 Å². The molecule has 0 aliphatic heterocycles. The van der Waals surface area contributed by atoms with Gasteiger partial charge < -0.3 is 9.83 Å². The van der Waals surface area contributed by atoms with Crippen molar-refractivity contribution >= 4 is 56.0 Å². The van der Waals surface area contributed by atoms with E-state index < -0.39 is 0 Å². The van der Waals surface area contributed by atoms with Gasteiger partial charge in [0.25, 0.3) is 0 Å². The monoisotopic (exact) mass is 605 g/mol. The maximum absolute atomic E-state index is 8.81. The maximum atomic E-state index is 8.81. The summed E-state index contributed by atoms with van der Waals surface area (Å²) in [5.41, 5.74) is 9.98. The number of aromatic nitrogens is 1. The first-order chi connectivity index (χ1) is 23.2. The smallest absolute Gasteiger partial charge is 0.147 e. The van der Waals surface area contributed by atoms with Gasteiger partial charge in [0.1, 0.15) is 11.2 Å². The molecule has 1 aliphatic rings. The molecule has 0 spiro atoms. The molecule has 7 aromatic rings. The predicted molar refractivity (Wildman–Crippen MR) is 196 cm³/mol. The first-order valence-electron chi connectivity index (χ1n) is 15.9. The van der Waals surface area contributed by atoms with Gasteiger partial charge in [-0.3, -0.25) is 4.99 Å². The largest absolute Gasteiger partial charge is 0.455 e. The molecule has 0 bridgehead atoms. The van der Waals surface area contributed by atoms with Crippen molar-refractivity contribution in [3.63, 3.8) is 0 Å². The summed E-state index contributed by atoms with van der Waals surface area (Å²) in [4.78, 5) is 10.1. The van der Waals surface area contributed by atoms with E-state index in [1.807, 2.05) is 97.2 Å². The van der Waals surface area contributed by atoms with Gasteiger partial charge >= 0.3 is 0 Å². The van der Waals surface area contributed by atoms with E-state index in [0.717, 1.165) is 72.9 Å². The van der Waals surface area contributed by atoms with Crippen LogP contribution < -0.4 is 0 Å². The number of benzene rings is 5. The first-order valence-corrected chi connectivity index (χ1v) is 15.9. The summed E-state index contributed by atoms with van der Waals surface area (Å²) in [6.07, 6.45) is 11.2. The van der Waals surface area contributed by atoms with Crippen LogP contribution in [-0.4, -0.2) is 16.9 Å². The Bertz CT molecular complexity index is 2380. The second-order valence-corrected chi connectivity index (χ2v) is 11.7.